The number of carbonyl (C=O) groups is 2. The number of alkyl halides is 3. The summed E-state index contributed by atoms with van der Waals surface area (Å²) in [5.74, 6) is -2.23. The van der Waals surface area contributed by atoms with E-state index in [1.165, 1.54) is 30.3 Å². The van der Waals surface area contributed by atoms with Gasteiger partial charge in [-0.2, -0.15) is 13.2 Å². The van der Waals surface area contributed by atoms with Gasteiger partial charge in [0.2, 0.25) is 0 Å². The first kappa shape index (κ1) is 19.6. The largest absolute Gasteiger partial charge is 0.481 e. The van der Waals surface area contributed by atoms with Gasteiger partial charge in [-0.1, -0.05) is 12.1 Å². The molecule has 0 saturated heterocycles. The smallest absolute Gasteiger partial charge is 0.446 e. The number of rotatable bonds is 5. The van der Waals surface area contributed by atoms with Gasteiger partial charge in [-0.3, -0.25) is 20.4 Å². The quantitative estimate of drug-likeness (QED) is 0.469. The molecule has 2 rings (SSSR count). The fraction of sp³-hybridized carbons (Fsp3) is 0.125. The molecule has 138 valence electrons. The van der Waals surface area contributed by atoms with Crippen molar-refractivity contribution >= 4 is 23.6 Å². The third-order valence-corrected chi connectivity index (χ3v) is 3.60. The summed E-state index contributed by atoms with van der Waals surface area (Å²) in [6.07, 6.45) is 0. The maximum atomic E-state index is 13.3. The van der Waals surface area contributed by atoms with Crippen LogP contribution in [-0.2, 0) is 4.79 Å². The average Bonchev–Trinajstić information content (AvgIpc) is 2.58. The van der Waals surface area contributed by atoms with E-state index in [4.69, 9.17) is 4.74 Å². The number of halogens is 4. The number of nitrogens with one attached hydrogen (secondary N) is 2. The predicted octanol–water partition coefficient (Wildman–Crippen LogP) is 3.28. The fourth-order valence-electron chi connectivity index (χ4n) is 1.75. The molecule has 2 aromatic rings. The second-order valence-electron chi connectivity index (χ2n) is 4.79. The first-order valence-corrected chi connectivity index (χ1v) is 7.88. The second-order valence-corrected chi connectivity index (χ2v) is 5.93. The molecule has 0 heterocycles. The van der Waals surface area contributed by atoms with E-state index < -0.39 is 29.7 Å². The lowest BCUT2D eigenvalue weighted by molar-refractivity contribution is -0.123. The van der Waals surface area contributed by atoms with Crippen LogP contribution in [0, 0.1) is 5.82 Å². The van der Waals surface area contributed by atoms with Crippen LogP contribution in [0.5, 0.6) is 5.75 Å². The molecule has 10 heteroatoms. The molecule has 2 amide bonds. The molecule has 5 nitrogen and oxygen atoms in total. The van der Waals surface area contributed by atoms with Crippen LogP contribution in [0.4, 0.5) is 17.6 Å². The van der Waals surface area contributed by atoms with Gasteiger partial charge in [0.05, 0.1) is 0 Å². The number of benzene rings is 2. The van der Waals surface area contributed by atoms with Crippen LogP contribution in [-0.4, -0.2) is 23.9 Å². The summed E-state index contributed by atoms with van der Waals surface area (Å²) >= 11 is -0.304. The monoisotopic (exact) mass is 388 g/mol. The lowest BCUT2D eigenvalue weighted by Crippen LogP contribution is -2.43. The van der Waals surface area contributed by atoms with Crippen LogP contribution in [0.15, 0.2) is 53.4 Å². The predicted molar refractivity (Wildman–Crippen MR) is 85.9 cm³/mol. The molecule has 2 aromatic carbocycles. The Kier molecular flexibility index (Phi) is 6.45. The van der Waals surface area contributed by atoms with E-state index in [-0.39, 0.29) is 28.0 Å². The topological polar surface area (TPSA) is 67.4 Å². The van der Waals surface area contributed by atoms with Crippen molar-refractivity contribution in [2.45, 2.75) is 10.4 Å². The van der Waals surface area contributed by atoms with Gasteiger partial charge in [0.15, 0.2) is 18.2 Å². The van der Waals surface area contributed by atoms with E-state index in [0.717, 1.165) is 18.2 Å². The van der Waals surface area contributed by atoms with Gasteiger partial charge in [-0.15, -0.1) is 0 Å². The van der Waals surface area contributed by atoms with Crippen molar-refractivity contribution in [3.05, 3.63) is 59.9 Å². The Bertz CT molecular complexity index is 782. The molecule has 0 unspecified atom stereocenters. The van der Waals surface area contributed by atoms with Gasteiger partial charge in [0, 0.05) is 10.5 Å². The van der Waals surface area contributed by atoms with E-state index in [1.807, 2.05) is 0 Å². The van der Waals surface area contributed by atoms with Crippen molar-refractivity contribution in [2.75, 3.05) is 6.61 Å². The number of hydrazine groups is 1. The lowest BCUT2D eigenvalue weighted by atomic mass is 10.2. The van der Waals surface area contributed by atoms with E-state index in [1.54, 1.807) is 0 Å². The van der Waals surface area contributed by atoms with Crippen molar-refractivity contribution in [1.29, 1.82) is 0 Å². The zero-order valence-electron chi connectivity index (χ0n) is 13.0. The normalized spacial score (nSPS) is 10.9. The van der Waals surface area contributed by atoms with E-state index in [9.17, 15) is 27.2 Å². The third-order valence-electron chi connectivity index (χ3n) is 2.86. The molecular formula is C16H12F4N2O3S. The summed E-state index contributed by atoms with van der Waals surface area (Å²) < 4.78 is 55.0. The van der Waals surface area contributed by atoms with E-state index in [0.29, 0.717) is 0 Å². The fourth-order valence-corrected chi connectivity index (χ4v) is 2.29. The molecule has 0 bridgehead atoms. The first-order chi connectivity index (χ1) is 12.2. The molecule has 0 saturated carbocycles. The molecule has 2 N–H and O–H groups in total. The molecule has 0 aliphatic heterocycles. The zero-order chi connectivity index (χ0) is 19.2. The molecule has 0 aliphatic carbocycles. The number of ether oxygens (including phenoxy) is 1. The Labute approximate surface area is 149 Å². The van der Waals surface area contributed by atoms with Gasteiger partial charge in [0.25, 0.3) is 11.8 Å². The van der Waals surface area contributed by atoms with Crippen molar-refractivity contribution in [3.63, 3.8) is 0 Å². The van der Waals surface area contributed by atoms with Crippen LogP contribution in [0.2, 0.25) is 0 Å². The van der Waals surface area contributed by atoms with Crippen LogP contribution in [0.25, 0.3) is 0 Å². The van der Waals surface area contributed by atoms with Gasteiger partial charge >= 0.3 is 5.51 Å². The minimum atomic E-state index is -4.42. The van der Waals surface area contributed by atoms with Crippen molar-refractivity contribution in [1.82, 2.24) is 10.9 Å². The van der Waals surface area contributed by atoms with Crippen molar-refractivity contribution in [2.24, 2.45) is 0 Å². The Balaban J connectivity index is 1.80. The highest BCUT2D eigenvalue weighted by atomic mass is 32.2. The maximum Gasteiger partial charge on any atom is 0.446 e. The van der Waals surface area contributed by atoms with Gasteiger partial charge < -0.3 is 4.74 Å². The summed E-state index contributed by atoms with van der Waals surface area (Å²) in [5, 5.41) is 0. The SMILES string of the molecule is O=C(COc1ccccc1F)NNC(=O)c1ccc(SC(F)(F)F)cc1. The molecule has 26 heavy (non-hydrogen) atoms. The standard InChI is InChI=1S/C16H12F4N2O3S/c17-12-3-1-2-4-13(12)25-9-14(23)21-22-15(24)10-5-7-11(8-6-10)26-16(18,19)20/h1-8H,9H2,(H,21,23)(H,22,24). The van der Waals surface area contributed by atoms with E-state index in [2.05, 4.69) is 10.9 Å². The highest BCUT2D eigenvalue weighted by Gasteiger charge is 2.29. The number of carbonyl (C=O) groups excluding carboxylic acids is 2. The number of hydrogen-bond acceptors (Lipinski definition) is 4. The minimum absolute atomic E-state index is 0.0480. The third kappa shape index (κ3) is 6.28. The Morgan fingerprint density at radius 3 is 2.27 bits per heavy atom. The van der Waals surface area contributed by atoms with Crippen LogP contribution in [0.1, 0.15) is 10.4 Å². The van der Waals surface area contributed by atoms with Gasteiger partial charge in [-0.25, -0.2) is 4.39 Å². The molecule has 0 aliphatic rings. The van der Waals surface area contributed by atoms with Crippen LogP contribution < -0.4 is 15.6 Å². The van der Waals surface area contributed by atoms with E-state index >= 15 is 0 Å². The van der Waals surface area contributed by atoms with Crippen LogP contribution >= 0.6 is 11.8 Å². The number of thioether (sulfide) groups is 1. The Morgan fingerprint density at radius 1 is 1.00 bits per heavy atom. The summed E-state index contributed by atoms with van der Waals surface area (Å²) in [5.41, 5.74) is -0.244. The maximum absolute atomic E-state index is 13.3. The molecule has 0 radical (unpaired) electrons. The highest BCUT2D eigenvalue weighted by molar-refractivity contribution is 8.00. The molecule has 0 spiro atoms. The lowest BCUT2D eigenvalue weighted by Gasteiger charge is -2.10. The number of hydrogen-bond donors (Lipinski definition) is 2. The second kappa shape index (κ2) is 8.56. The number of para-hydroxylation sites is 1. The minimum Gasteiger partial charge on any atom is -0.481 e. The molecule has 0 fully saturated rings. The van der Waals surface area contributed by atoms with Gasteiger partial charge in [0.1, 0.15) is 0 Å². The molecular weight excluding hydrogens is 376 g/mol. The summed E-state index contributed by atoms with van der Waals surface area (Å²) in [6, 6.07) is 10.1. The summed E-state index contributed by atoms with van der Waals surface area (Å²) in [7, 11) is 0. The van der Waals surface area contributed by atoms with Gasteiger partial charge in [-0.05, 0) is 48.2 Å². The Morgan fingerprint density at radius 2 is 1.65 bits per heavy atom. The summed E-state index contributed by atoms with van der Waals surface area (Å²) in [4.78, 5) is 23.3. The van der Waals surface area contributed by atoms with Crippen molar-refractivity contribution in [3.8, 4) is 5.75 Å². The van der Waals surface area contributed by atoms with Crippen molar-refractivity contribution < 1.29 is 31.9 Å². The summed E-state index contributed by atoms with van der Waals surface area (Å²) in [6.45, 7) is -0.539. The first-order valence-electron chi connectivity index (χ1n) is 7.07. The zero-order valence-corrected chi connectivity index (χ0v) is 13.8. The number of amides is 2. The van der Waals surface area contributed by atoms with Crippen LogP contribution in [0.3, 0.4) is 0 Å². The highest BCUT2D eigenvalue weighted by Crippen LogP contribution is 2.36. The molecule has 0 aromatic heterocycles. The Hall–Kier alpha value is -2.75. The molecule has 0 atom stereocenters. The average molecular weight is 388 g/mol.